The van der Waals surface area contributed by atoms with Crippen molar-refractivity contribution in [2.24, 2.45) is 0 Å². The van der Waals surface area contributed by atoms with Gasteiger partial charge in [0.1, 0.15) is 0 Å². The van der Waals surface area contributed by atoms with E-state index < -0.39 is 4.92 Å². The van der Waals surface area contributed by atoms with Gasteiger partial charge in [0.15, 0.2) is 0 Å². The number of nitrogens with zero attached hydrogens (tertiary/aromatic N) is 4. The molecule has 26 heavy (non-hydrogen) atoms. The molecule has 0 atom stereocenters. The van der Waals surface area contributed by atoms with E-state index in [2.05, 4.69) is 9.88 Å². The normalized spacial score (nSPS) is 13.3. The Morgan fingerprint density at radius 2 is 2.00 bits per heavy atom. The van der Waals surface area contributed by atoms with Gasteiger partial charge in [-0.25, -0.2) is 4.98 Å². The summed E-state index contributed by atoms with van der Waals surface area (Å²) in [5.41, 5.74) is 2.66. The highest BCUT2D eigenvalue weighted by molar-refractivity contribution is 6.30. The number of non-ortho nitro benzene ring substituents is 1. The number of nitro groups is 1. The van der Waals surface area contributed by atoms with Crippen molar-refractivity contribution in [2.75, 3.05) is 32.1 Å². The monoisotopic (exact) mass is 350 g/mol. The van der Waals surface area contributed by atoms with E-state index >= 15 is 0 Å². The second-order valence-electron chi connectivity index (χ2n) is 6.73. The summed E-state index contributed by atoms with van der Waals surface area (Å²) < 4.78 is 0. The number of carbonyl (C=O) groups is 1. The van der Waals surface area contributed by atoms with Crippen molar-refractivity contribution in [2.45, 2.75) is 6.42 Å². The van der Waals surface area contributed by atoms with Gasteiger partial charge in [0.2, 0.25) is 0 Å². The molecule has 0 bridgehead atoms. The molecule has 1 aliphatic heterocycles. The van der Waals surface area contributed by atoms with E-state index in [0.717, 1.165) is 29.6 Å². The Morgan fingerprint density at radius 3 is 2.73 bits per heavy atom. The quantitative estimate of drug-likeness (QED) is 0.401. The van der Waals surface area contributed by atoms with Gasteiger partial charge in [-0.1, -0.05) is 6.07 Å². The first-order chi connectivity index (χ1) is 12.5. The molecular weight excluding hydrogens is 332 g/mol. The number of nitro benzene ring substituents is 1. The first-order valence-corrected chi connectivity index (χ1v) is 8.45. The summed E-state index contributed by atoms with van der Waals surface area (Å²) in [7, 11) is 4.00. The molecule has 3 aromatic rings. The van der Waals surface area contributed by atoms with Crippen LogP contribution in [0.3, 0.4) is 0 Å². The summed E-state index contributed by atoms with van der Waals surface area (Å²) in [6.45, 7) is 1.47. The van der Waals surface area contributed by atoms with Crippen LogP contribution >= 0.6 is 0 Å². The Bertz CT molecular complexity index is 1060. The van der Waals surface area contributed by atoms with Crippen molar-refractivity contribution in [1.82, 2.24) is 9.88 Å². The SMILES string of the molecule is CN(C)CCCN1C(=O)c2c3cc([N+](=O)[O-])ccc3nc3cccc1c23. The highest BCUT2D eigenvalue weighted by Crippen LogP contribution is 2.40. The van der Waals surface area contributed by atoms with Crippen molar-refractivity contribution in [3.63, 3.8) is 0 Å². The minimum absolute atomic E-state index is 0.0359. The van der Waals surface area contributed by atoms with Gasteiger partial charge < -0.3 is 9.80 Å². The summed E-state index contributed by atoms with van der Waals surface area (Å²) >= 11 is 0. The topological polar surface area (TPSA) is 79.6 Å². The van der Waals surface area contributed by atoms with Gasteiger partial charge in [-0.3, -0.25) is 14.9 Å². The number of amides is 1. The predicted molar refractivity (Wildman–Crippen MR) is 101 cm³/mol. The second kappa shape index (κ2) is 6.03. The smallest absolute Gasteiger partial charge is 0.270 e. The summed E-state index contributed by atoms with van der Waals surface area (Å²) in [4.78, 5) is 32.3. The van der Waals surface area contributed by atoms with Crippen molar-refractivity contribution >= 4 is 39.1 Å². The molecule has 1 aromatic heterocycles. The van der Waals surface area contributed by atoms with E-state index in [1.165, 1.54) is 12.1 Å². The number of carbonyl (C=O) groups excluding carboxylic acids is 1. The minimum Gasteiger partial charge on any atom is -0.309 e. The molecule has 0 saturated heterocycles. The van der Waals surface area contributed by atoms with E-state index in [4.69, 9.17) is 0 Å². The highest BCUT2D eigenvalue weighted by Gasteiger charge is 2.32. The van der Waals surface area contributed by atoms with E-state index in [-0.39, 0.29) is 11.6 Å². The van der Waals surface area contributed by atoms with Gasteiger partial charge in [0.05, 0.1) is 27.2 Å². The molecule has 7 nitrogen and oxygen atoms in total. The fraction of sp³-hybridized carbons (Fsp3) is 0.263. The zero-order valence-corrected chi connectivity index (χ0v) is 14.6. The first kappa shape index (κ1) is 16.4. The number of hydrogen-bond acceptors (Lipinski definition) is 5. The number of fused-ring (bicyclic) bond motifs is 2. The molecule has 1 amide bonds. The van der Waals surface area contributed by atoms with Crippen LogP contribution in [-0.2, 0) is 0 Å². The molecule has 1 aliphatic rings. The largest absolute Gasteiger partial charge is 0.309 e. The van der Waals surface area contributed by atoms with E-state index in [1.807, 2.05) is 32.3 Å². The summed E-state index contributed by atoms with van der Waals surface area (Å²) in [6, 6.07) is 10.2. The number of pyridine rings is 1. The Labute approximate surface area is 150 Å². The molecule has 2 aromatic carbocycles. The molecule has 0 radical (unpaired) electrons. The predicted octanol–water partition coefficient (Wildman–Crippen LogP) is 3.21. The maximum absolute atomic E-state index is 13.2. The fourth-order valence-corrected chi connectivity index (χ4v) is 3.54. The molecule has 7 heteroatoms. The van der Waals surface area contributed by atoms with Crippen molar-refractivity contribution in [3.8, 4) is 0 Å². The third-order valence-corrected chi connectivity index (χ3v) is 4.71. The van der Waals surface area contributed by atoms with Crippen molar-refractivity contribution in [1.29, 1.82) is 0 Å². The molecule has 0 aliphatic carbocycles. The molecular formula is C19H18N4O3. The summed E-state index contributed by atoms with van der Waals surface area (Å²) in [5, 5.41) is 12.5. The number of benzene rings is 2. The van der Waals surface area contributed by atoms with Crippen molar-refractivity contribution in [3.05, 3.63) is 52.1 Å². The Hall–Kier alpha value is -3.06. The molecule has 0 saturated carbocycles. The van der Waals surface area contributed by atoms with E-state index in [0.29, 0.717) is 23.0 Å². The fourth-order valence-electron chi connectivity index (χ4n) is 3.54. The maximum Gasteiger partial charge on any atom is 0.270 e. The van der Waals surface area contributed by atoms with Gasteiger partial charge in [0.25, 0.3) is 11.6 Å². The number of rotatable bonds is 5. The average molecular weight is 350 g/mol. The molecule has 0 N–H and O–H groups in total. The van der Waals surface area contributed by atoms with Gasteiger partial charge in [-0.2, -0.15) is 0 Å². The molecule has 0 spiro atoms. The van der Waals surface area contributed by atoms with Crippen LogP contribution in [0, 0.1) is 10.1 Å². The van der Waals surface area contributed by atoms with Crippen LogP contribution in [0.5, 0.6) is 0 Å². The average Bonchev–Trinajstić information content (AvgIpc) is 2.89. The van der Waals surface area contributed by atoms with Gasteiger partial charge in [-0.05, 0) is 45.3 Å². The van der Waals surface area contributed by atoms with Gasteiger partial charge in [0, 0.05) is 29.4 Å². The molecule has 2 heterocycles. The standard InChI is InChI=1S/C19H18N4O3/c1-21(2)9-4-10-22-16-6-3-5-15-18(16)17(19(22)24)13-11-12(23(25)26)7-8-14(13)20-15/h3,5-8,11H,4,9-10H2,1-2H3. The molecule has 0 fully saturated rings. The van der Waals surface area contributed by atoms with E-state index in [1.54, 1.807) is 11.0 Å². The van der Waals surface area contributed by atoms with Crippen molar-refractivity contribution < 1.29 is 9.72 Å². The summed E-state index contributed by atoms with van der Waals surface area (Å²) in [5.74, 6) is -0.108. The lowest BCUT2D eigenvalue weighted by Gasteiger charge is -2.19. The maximum atomic E-state index is 13.2. The zero-order chi connectivity index (χ0) is 18.4. The Morgan fingerprint density at radius 1 is 1.19 bits per heavy atom. The second-order valence-corrected chi connectivity index (χ2v) is 6.73. The lowest BCUT2D eigenvalue weighted by atomic mass is 10.0. The Balaban J connectivity index is 1.89. The number of hydrogen-bond donors (Lipinski definition) is 0. The molecule has 4 rings (SSSR count). The third-order valence-electron chi connectivity index (χ3n) is 4.71. The van der Waals surface area contributed by atoms with Gasteiger partial charge >= 0.3 is 0 Å². The van der Waals surface area contributed by atoms with E-state index in [9.17, 15) is 14.9 Å². The Kier molecular flexibility index (Phi) is 3.81. The van der Waals surface area contributed by atoms with Crippen LogP contribution in [0.1, 0.15) is 16.8 Å². The number of anilines is 1. The lowest BCUT2D eigenvalue weighted by molar-refractivity contribution is -0.384. The van der Waals surface area contributed by atoms with Crippen LogP contribution in [-0.4, -0.2) is 47.9 Å². The van der Waals surface area contributed by atoms with Crippen LogP contribution < -0.4 is 4.90 Å². The van der Waals surface area contributed by atoms with Crippen LogP contribution in [0.4, 0.5) is 11.4 Å². The van der Waals surface area contributed by atoms with Gasteiger partial charge in [-0.15, -0.1) is 0 Å². The molecule has 0 unspecified atom stereocenters. The minimum atomic E-state index is -0.448. The number of aromatic nitrogens is 1. The highest BCUT2D eigenvalue weighted by atomic mass is 16.6. The lowest BCUT2D eigenvalue weighted by Crippen LogP contribution is -2.30. The summed E-state index contributed by atoms with van der Waals surface area (Å²) in [6.07, 6.45) is 0.842. The van der Waals surface area contributed by atoms with Crippen LogP contribution in [0.15, 0.2) is 36.4 Å². The molecule has 132 valence electrons. The third kappa shape index (κ3) is 2.48. The first-order valence-electron chi connectivity index (χ1n) is 8.45. The van der Waals surface area contributed by atoms with Crippen LogP contribution in [0.2, 0.25) is 0 Å². The zero-order valence-electron chi connectivity index (χ0n) is 14.6. The van der Waals surface area contributed by atoms with Crippen LogP contribution in [0.25, 0.3) is 21.8 Å².